The minimum atomic E-state index is 0.448. The van der Waals surface area contributed by atoms with Crippen LogP contribution in [0.2, 0.25) is 5.02 Å². The summed E-state index contributed by atoms with van der Waals surface area (Å²) in [6, 6.07) is 15.4. The number of allylic oxidation sites excluding steroid dienone is 3. The summed E-state index contributed by atoms with van der Waals surface area (Å²) in [5, 5.41) is 4.42. The number of aryl methyl sites for hydroxylation is 1. The molecule has 0 bridgehead atoms. The summed E-state index contributed by atoms with van der Waals surface area (Å²) in [5.74, 6) is 0. The molecule has 1 aliphatic heterocycles. The first kappa shape index (κ1) is 24.1. The predicted octanol–water partition coefficient (Wildman–Crippen LogP) is 6.80. The number of hydrogen-bond donors (Lipinski definition) is 1. The van der Waals surface area contributed by atoms with Gasteiger partial charge in [0.25, 0.3) is 0 Å². The van der Waals surface area contributed by atoms with E-state index >= 15 is 0 Å². The van der Waals surface area contributed by atoms with Gasteiger partial charge in [-0.15, -0.1) is 0 Å². The molecule has 2 nitrogen and oxygen atoms in total. The Morgan fingerprint density at radius 1 is 1.17 bits per heavy atom. The smallest absolute Gasteiger partial charge is 0.0484 e. The van der Waals surface area contributed by atoms with Gasteiger partial charge in [-0.05, 0) is 42.2 Å². The van der Waals surface area contributed by atoms with E-state index in [-0.39, 0.29) is 0 Å². The third kappa shape index (κ3) is 6.98. The Labute approximate surface area is 188 Å². The van der Waals surface area contributed by atoms with Crippen LogP contribution in [0.1, 0.15) is 31.4 Å². The molecule has 0 saturated carbocycles. The first-order chi connectivity index (χ1) is 14.6. The molecule has 0 spiro atoms. The van der Waals surface area contributed by atoms with Gasteiger partial charge >= 0.3 is 0 Å². The van der Waals surface area contributed by atoms with Crippen molar-refractivity contribution in [3.8, 4) is 11.1 Å². The fourth-order valence-corrected chi connectivity index (χ4v) is 3.96. The highest BCUT2D eigenvalue weighted by Gasteiger charge is 2.19. The second-order valence-corrected chi connectivity index (χ2v) is 7.86. The molecule has 1 saturated heterocycles. The first-order valence-corrected chi connectivity index (χ1v) is 11.2. The van der Waals surface area contributed by atoms with Gasteiger partial charge in [0.05, 0.1) is 0 Å². The molecule has 0 aromatic heterocycles. The quantitative estimate of drug-likeness (QED) is 0.493. The van der Waals surface area contributed by atoms with Gasteiger partial charge in [-0.1, -0.05) is 92.7 Å². The monoisotopic (exact) mass is 422 g/mol. The van der Waals surface area contributed by atoms with E-state index in [0.29, 0.717) is 6.04 Å². The number of benzene rings is 2. The topological polar surface area (TPSA) is 15.3 Å². The fraction of sp³-hybridized carbons (Fsp3) is 0.333. The molecule has 1 heterocycles. The summed E-state index contributed by atoms with van der Waals surface area (Å²) < 4.78 is 0. The predicted molar refractivity (Wildman–Crippen MR) is 133 cm³/mol. The second-order valence-electron chi connectivity index (χ2n) is 7.45. The van der Waals surface area contributed by atoms with Crippen molar-refractivity contribution in [2.45, 2.75) is 39.8 Å². The Hall–Kier alpha value is -2.13. The summed E-state index contributed by atoms with van der Waals surface area (Å²) in [6.07, 6.45) is 6.79. The van der Waals surface area contributed by atoms with Crippen LogP contribution in [-0.2, 0) is 6.54 Å². The van der Waals surface area contributed by atoms with Crippen molar-refractivity contribution in [1.29, 1.82) is 0 Å². The summed E-state index contributed by atoms with van der Waals surface area (Å²) in [6.45, 7) is 17.9. The van der Waals surface area contributed by atoms with E-state index in [9.17, 15) is 0 Å². The Morgan fingerprint density at radius 2 is 1.90 bits per heavy atom. The third-order valence-corrected chi connectivity index (χ3v) is 5.54. The summed E-state index contributed by atoms with van der Waals surface area (Å²) in [7, 11) is 0. The number of nitrogens with zero attached hydrogens (tertiary/aromatic N) is 1. The van der Waals surface area contributed by atoms with Crippen LogP contribution in [0.4, 0.5) is 0 Å². The Balaban J connectivity index is 0.00000155. The van der Waals surface area contributed by atoms with E-state index in [1.807, 2.05) is 44.2 Å². The molecule has 1 aliphatic rings. The van der Waals surface area contributed by atoms with Crippen LogP contribution >= 0.6 is 11.6 Å². The standard InChI is InChI=1S/C25H29ClN2.C2H6/c1-4-6-20(5-2)16-23-18-28(14-13-27-23)17-21-8-10-22(11-9-21)24-15-19(3)7-12-25(24)26;1-2/h4-12,15,23,27H,1-2,13-14,16-18H2,3H3;1-2H3/b20-6+;/t23-;/m0./s1. The lowest BCUT2D eigenvalue weighted by Crippen LogP contribution is -2.50. The highest BCUT2D eigenvalue weighted by molar-refractivity contribution is 6.33. The van der Waals surface area contributed by atoms with E-state index in [1.54, 1.807) is 0 Å². The van der Waals surface area contributed by atoms with Crippen LogP contribution in [0.5, 0.6) is 0 Å². The fourth-order valence-electron chi connectivity index (χ4n) is 3.74. The van der Waals surface area contributed by atoms with Gasteiger partial charge in [-0.2, -0.15) is 0 Å². The zero-order valence-electron chi connectivity index (χ0n) is 18.6. The van der Waals surface area contributed by atoms with Crippen LogP contribution in [0.15, 0.2) is 79.4 Å². The van der Waals surface area contributed by atoms with Crippen molar-refractivity contribution >= 4 is 11.6 Å². The molecule has 1 fully saturated rings. The first-order valence-electron chi connectivity index (χ1n) is 10.8. The molecule has 0 unspecified atom stereocenters. The van der Waals surface area contributed by atoms with Crippen LogP contribution in [0.3, 0.4) is 0 Å². The molecule has 0 aliphatic carbocycles. The Bertz CT molecular complexity index is 852. The SMILES string of the molecule is C=C/C=C(\C=C)C[C@H]1CN(Cc2ccc(-c3cc(C)ccc3Cl)cc2)CCN1.CC. The van der Waals surface area contributed by atoms with Gasteiger partial charge in [-0.3, -0.25) is 4.90 Å². The zero-order valence-corrected chi connectivity index (χ0v) is 19.4. The highest BCUT2D eigenvalue weighted by Crippen LogP contribution is 2.29. The maximum Gasteiger partial charge on any atom is 0.0484 e. The summed E-state index contributed by atoms with van der Waals surface area (Å²) in [4.78, 5) is 2.52. The summed E-state index contributed by atoms with van der Waals surface area (Å²) >= 11 is 6.39. The lowest BCUT2D eigenvalue weighted by molar-refractivity contribution is 0.192. The van der Waals surface area contributed by atoms with Crippen molar-refractivity contribution in [2.24, 2.45) is 0 Å². The molecule has 0 amide bonds. The Kier molecular flexibility index (Phi) is 10.1. The van der Waals surface area contributed by atoms with Crippen LogP contribution in [-0.4, -0.2) is 30.6 Å². The minimum absolute atomic E-state index is 0.448. The van der Waals surface area contributed by atoms with Crippen molar-refractivity contribution in [2.75, 3.05) is 19.6 Å². The van der Waals surface area contributed by atoms with Gasteiger partial charge < -0.3 is 5.32 Å². The lowest BCUT2D eigenvalue weighted by Gasteiger charge is -2.34. The number of nitrogens with one attached hydrogen (secondary N) is 1. The number of hydrogen-bond acceptors (Lipinski definition) is 2. The van der Waals surface area contributed by atoms with Crippen molar-refractivity contribution in [3.63, 3.8) is 0 Å². The Morgan fingerprint density at radius 3 is 2.57 bits per heavy atom. The van der Waals surface area contributed by atoms with Crippen LogP contribution in [0, 0.1) is 6.92 Å². The van der Waals surface area contributed by atoms with E-state index in [0.717, 1.165) is 43.2 Å². The average Bonchev–Trinajstić information content (AvgIpc) is 2.77. The van der Waals surface area contributed by atoms with E-state index in [2.05, 4.69) is 60.6 Å². The third-order valence-electron chi connectivity index (χ3n) is 5.21. The van der Waals surface area contributed by atoms with Gasteiger partial charge in [0.15, 0.2) is 0 Å². The molecular weight excluding hydrogens is 388 g/mol. The molecular formula is C27H35ClN2. The maximum absolute atomic E-state index is 6.39. The number of rotatable bonds is 7. The average molecular weight is 423 g/mol. The van der Waals surface area contributed by atoms with Crippen molar-refractivity contribution < 1.29 is 0 Å². The molecule has 30 heavy (non-hydrogen) atoms. The zero-order chi connectivity index (χ0) is 21.9. The molecule has 3 rings (SSSR count). The van der Waals surface area contributed by atoms with Gasteiger partial charge in [0.2, 0.25) is 0 Å². The molecule has 1 N–H and O–H groups in total. The van der Waals surface area contributed by atoms with Gasteiger partial charge in [0, 0.05) is 42.8 Å². The van der Waals surface area contributed by atoms with Gasteiger partial charge in [0.1, 0.15) is 0 Å². The number of piperazine rings is 1. The lowest BCUT2D eigenvalue weighted by atomic mass is 10.0. The van der Waals surface area contributed by atoms with Crippen LogP contribution in [0.25, 0.3) is 11.1 Å². The molecule has 1 atom stereocenters. The van der Waals surface area contributed by atoms with Crippen molar-refractivity contribution in [3.05, 3.63) is 95.6 Å². The highest BCUT2D eigenvalue weighted by atomic mass is 35.5. The van der Waals surface area contributed by atoms with Gasteiger partial charge in [-0.25, -0.2) is 0 Å². The van der Waals surface area contributed by atoms with E-state index in [4.69, 9.17) is 11.6 Å². The molecule has 2 aromatic carbocycles. The molecule has 160 valence electrons. The van der Waals surface area contributed by atoms with Crippen molar-refractivity contribution in [1.82, 2.24) is 10.2 Å². The second kappa shape index (κ2) is 12.5. The molecule has 3 heteroatoms. The van der Waals surface area contributed by atoms with E-state index < -0.39 is 0 Å². The number of halogens is 1. The molecule has 2 aromatic rings. The van der Waals surface area contributed by atoms with E-state index in [1.165, 1.54) is 22.3 Å². The maximum atomic E-state index is 6.39. The van der Waals surface area contributed by atoms with Crippen LogP contribution < -0.4 is 5.32 Å². The largest absolute Gasteiger partial charge is 0.311 e. The minimum Gasteiger partial charge on any atom is -0.311 e. The molecule has 0 radical (unpaired) electrons. The normalized spacial score (nSPS) is 17.1. The summed E-state index contributed by atoms with van der Waals surface area (Å²) in [5.41, 5.74) is 6.05.